The Morgan fingerprint density at radius 2 is 1.86 bits per heavy atom. The van der Waals surface area contributed by atoms with Crippen LogP contribution >= 0.6 is 11.6 Å². The molecule has 0 fully saturated rings. The molecule has 3 aromatic rings. The number of aryl methyl sites for hydroxylation is 1. The molecule has 0 spiro atoms. The largest absolute Gasteiger partial charge is 0.211 e. The standard InChI is InChI=1S/C17H13ClN4/c1-2-12-5-3-4-6-16(12)22-17(15(11-19)20-21-22)13-7-9-14(18)10-8-13/h3-10H,2H2,1H3. The van der Waals surface area contributed by atoms with E-state index in [1.807, 2.05) is 30.3 Å². The van der Waals surface area contributed by atoms with Crippen molar-refractivity contribution in [3.8, 4) is 23.0 Å². The Balaban J connectivity index is 2.24. The summed E-state index contributed by atoms with van der Waals surface area (Å²) in [7, 11) is 0. The second-order valence-electron chi connectivity index (χ2n) is 4.80. The zero-order chi connectivity index (χ0) is 15.5. The fraction of sp³-hybridized carbons (Fsp3) is 0.118. The highest BCUT2D eigenvalue weighted by Gasteiger charge is 2.17. The average Bonchev–Trinajstić information content (AvgIpc) is 2.99. The fourth-order valence-corrected chi connectivity index (χ4v) is 2.53. The molecule has 0 atom stereocenters. The predicted octanol–water partition coefficient (Wildman–Crippen LogP) is 4.02. The maximum atomic E-state index is 9.33. The van der Waals surface area contributed by atoms with Gasteiger partial charge in [0.2, 0.25) is 0 Å². The van der Waals surface area contributed by atoms with Gasteiger partial charge in [-0.3, -0.25) is 0 Å². The summed E-state index contributed by atoms with van der Waals surface area (Å²) in [6.07, 6.45) is 0.873. The lowest BCUT2D eigenvalue weighted by atomic mass is 10.1. The fourth-order valence-electron chi connectivity index (χ4n) is 2.41. The number of nitrogens with zero attached hydrogens (tertiary/aromatic N) is 4. The van der Waals surface area contributed by atoms with E-state index >= 15 is 0 Å². The molecule has 108 valence electrons. The van der Waals surface area contributed by atoms with Crippen LogP contribution in [-0.2, 0) is 6.42 Å². The number of rotatable bonds is 3. The van der Waals surface area contributed by atoms with Gasteiger partial charge in [-0.2, -0.15) is 5.26 Å². The summed E-state index contributed by atoms with van der Waals surface area (Å²) in [5.41, 5.74) is 3.92. The molecule has 2 aromatic carbocycles. The van der Waals surface area contributed by atoms with Gasteiger partial charge in [-0.1, -0.05) is 54.1 Å². The van der Waals surface area contributed by atoms with Crippen LogP contribution in [0.25, 0.3) is 16.9 Å². The molecule has 0 unspecified atom stereocenters. The minimum Gasteiger partial charge on any atom is -0.211 e. The third-order valence-electron chi connectivity index (χ3n) is 3.49. The number of halogens is 1. The lowest BCUT2D eigenvalue weighted by Gasteiger charge is -2.10. The van der Waals surface area contributed by atoms with Crippen LogP contribution in [0.5, 0.6) is 0 Å². The first-order valence-corrected chi connectivity index (χ1v) is 7.32. The molecule has 0 aliphatic rings. The Morgan fingerprint density at radius 1 is 1.14 bits per heavy atom. The molecule has 0 saturated heterocycles. The first-order valence-electron chi connectivity index (χ1n) is 6.94. The smallest absolute Gasteiger partial charge is 0.191 e. The topological polar surface area (TPSA) is 54.5 Å². The average molecular weight is 309 g/mol. The minimum atomic E-state index is 0.299. The van der Waals surface area contributed by atoms with Crippen LogP contribution in [0.1, 0.15) is 18.2 Å². The van der Waals surface area contributed by atoms with Gasteiger partial charge in [0.05, 0.1) is 5.69 Å². The monoisotopic (exact) mass is 308 g/mol. The number of aromatic nitrogens is 3. The van der Waals surface area contributed by atoms with E-state index < -0.39 is 0 Å². The van der Waals surface area contributed by atoms with Crippen molar-refractivity contribution in [3.63, 3.8) is 0 Å². The number of nitriles is 1. The van der Waals surface area contributed by atoms with Crippen molar-refractivity contribution >= 4 is 11.6 Å². The van der Waals surface area contributed by atoms with Gasteiger partial charge in [-0.15, -0.1) is 5.10 Å². The maximum Gasteiger partial charge on any atom is 0.191 e. The van der Waals surface area contributed by atoms with E-state index in [4.69, 9.17) is 11.6 Å². The van der Waals surface area contributed by atoms with Crippen LogP contribution in [0.2, 0.25) is 5.02 Å². The Kier molecular flexibility index (Phi) is 3.90. The second kappa shape index (κ2) is 6.00. The molecule has 0 radical (unpaired) electrons. The van der Waals surface area contributed by atoms with Crippen LogP contribution in [-0.4, -0.2) is 15.0 Å². The normalized spacial score (nSPS) is 10.4. The zero-order valence-corrected chi connectivity index (χ0v) is 12.7. The molecule has 0 aliphatic carbocycles. The van der Waals surface area contributed by atoms with Crippen molar-refractivity contribution in [3.05, 3.63) is 64.8 Å². The highest BCUT2D eigenvalue weighted by atomic mass is 35.5. The van der Waals surface area contributed by atoms with E-state index in [2.05, 4.69) is 29.4 Å². The van der Waals surface area contributed by atoms with Crippen molar-refractivity contribution in [1.82, 2.24) is 15.0 Å². The Labute approximate surface area is 133 Å². The van der Waals surface area contributed by atoms with Crippen LogP contribution in [0.3, 0.4) is 0 Å². The maximum absolute atomic E-state index is 9.33. The lowest BCUT2D eigenvalue weighted by molar-refractivity contribution is 0.797. The van der Waals surface area contributed by atoms with Crippen LogP contribution in [0.4, 0.5) is 0 Å². The third kappa shape index (κ3) is 2.47. The highest BCUT2D eigenvalue weighted by Crippen LogP contribution is 2.27. The van der Waals surface area contributed by atoms with Crippen LogP contribution in [0.15, 0.2) is 48.5 Å². The first kappa shape index (κ1) is 14.3. The second-order valence-corrected chi connectivity index (χ2v) is 5.24. The van der Waals surface area contributed by atoms with Gasteiger partial charge in [0.1, 0.15) is 11.8 Å². The molecular weight excluding hydrogens is 296 g/mol. The Bertz CT molecular complexity index is 844. The van der Waals surface area contributed by atoms with Gasteiger partial charge >= 0.3 is 0 Å². The molecule has 0 N–H and O–H groups in total. The van der Waals surface area contributed by atoms with Gasteiger partial charge in [-0.05, 0) is 30.2 Å². The predicted molar refractivity (Wildman–Crippen MR) is 85.9 cm³/mol. The zero-order valence-electron chi connectivity index (χ0n) is 12.0. The number of benzene rings is 2. The molecule has 0 amide bonds. The number of hydrogen-bond acceptors (Lipinski definition) is 3. The Hall–Kier alpha value is -2.64. The molecule has 0 aliphatic heterocycles. The summed E-state index contributed by atoms with van der Waals surface area (Å²) in [4.78, 5) is 0. The van der Waals surface area contributed by atoms with E-state index in [0.29, 0.717) is 16.4 Å². The van der Waals surface area contributed by atoms with Crippen LogP contribution < -0.4 is 0 Å². The Morgan fingerprint density at radius 3 is 2.55 bits per heavy atom. The molecule has 1 heterocycles. The molecule has 3 rings (SSSR count). The van der Waals surface area contributed by atoms with Crippen molar-refractivity contribution in [2.24, 2.45) is 0 Å². The first-order chi connectivity index (χ1) is 10.7. The molecule has 0 saturated carbocycles. The summed E-state index contributed by atoms with van der Waals surface area (Å²) in [5.74, 6) is 0. The summed E-state index contributed by atoms with van der Waals surface area (Å²) >= 11 is 5.95. The van der Waals surface area contributed by atoms with E-state index in [-0.39, 0.29) is 0 Å². The molecule has 22 heavy (non-hydrogen) atoms. The SMILES string of the molecule is CCc1ccccc1-n1nnc(C#N)c1-c1ccc(Cl)cc1. The van der Waals surface area contributed by atoms with Crippen molar-refractivity contribution in [2.75, 3.05) is 0 Å². The number of hydrogen-bond donors (Lipinski definition) is 0. The van der Waals surface area contributed by atoms with Crippen LogP contribution in [0, 0.1) is 11.3 Å². The van der Waals surface area contributed by atoms with Gasteiger partial charge in [0, 0.05) is 10.6 Å². The molecule has 1 aromatic heterocycles. The van der Waals surface area contributed by atoms with Gasteiger partial charge in [0.15, 0.2) is 5.69 Å². The van der Waals surface area contributed by atoms with E-state index in [9.17, 15) is 5.26 Å². The van der Waals surface area contributed by atoms with E-state index in [1.54, 1.807) is 16.8 Å². The van der Waals surface area contributed by atoms with Gasteiger partial charge in [-0.25, -0.2) is 4.68 Å². The summed E-state index contributed by atoms with van der Waals surface area (Å²) < 4.78 is 1.72. The van der Waals surface area contributed by atoms with Gasteiger partial charge < -0.3 is 0 Å². The minimum absolute atomic E-state index is 0.299. The summed E-state index contributed by atoms with van der Waals surface area (Å²) in [6.45, 7) is 2.09. The van der Waals surface area contributed by atoms with E-state index in [1.165, 1.54) is 0 Å². The van der Waals surface area contributed by atoms with Crippen molar-refractivity contribution in [1.29, 1.82) is 5.26 Å². The highest BCUT2D eigenvalue weighted by molar-refractivity contribution is 6.30. The molecular formula is C17H13ClN4. The summed E-state index contributed by atoms with van der Waals surface area (Å²) in [5, 5.41) is 18.2. The van der Waals surface area contributed by atoms with Crippen molar-refractivity contribution < 1.29 is 0 Å². The molecule has 5 heteroatoms. The summed E-state index contributed by atoms with van der Waals surface area (Å²) in [6, 6.07) is 17.4. The number of para-hydroxylation sites is 1. The quantitative estimate of drug-likeness (QED) is 0.734. The van der Waals surface area contributed by atoms with Gasteiger partial charge in [0.25, 0.3) is 0 Å². The molecule has 0 bridgehead atoms. The molecule has 4 nitrogen and oxygen atoms in total. The third-order valence-corrected chi connectivity index (χ3v) is 3.75. The lowest BCUT2D eigenvalue weighted by Crippen LogP contribution is -2.03. The van der Waals surface area contributed by atoms with E-state index in [0.717, 1.165) is 23.2 Å². The van der Waals surface area contributed by atoms with Crippen molar-refractivity contribution in [2.45, 2.75) is 13.3 Å².